The molecule has 5 nitrogen and oxygen atoms in total. The SMILES string of the molecule is CC(=O)c1ccc(C(=O)N2CCC3(CCN(C(=O)C=Cc4ccc(F)c(F)c4F)C3)CC2)cc1. The second-order valence-electron chi connectivity index (χ2n) is 9.03. The number of amides is 2. The molecule has 2 aromatic carbocycles. The Balaban J connectivity index is 1.33. The largest absolute Gasteiger partial charge is 0.339 e. The van der Waals surface area contributed by atoms with Crippen molar-refractivity contribution in [3.63, 3.8) is 0 Å². The van der Waals surface area contributed by atoms with Crippen molar-refractivity contribution in [2.45, 2.75) is 26.2 Å². The van der Waals surface area contributed by atoms with Gasteiger partial charge in [0.15, 0.2) is 23.2 Å². The molecule has 0 radical (unpaired) electrons. The summed E-state index contributed by atoms with van der Waals surface area (Å²) in [5.41, 5.74) is 0.834. The van der Waals surface area contributed by atoms with Gasteiger partial charge in [0.25, 0.3) is 5.91 Å². The first-order valence-corrected chi connectivity index (χ1v) is 11.2. The Labute approximate surface area is 195 Å². The van der Waals surface area contributed by atoms with Gasteiger partial charge in [-0.1, -0.05) is 12.1 Å². The zero-order valence-corrected chi connectivity index (χ0v) is 18.8. The van der Waals surface area contributed by atoms with E-state index in [0.717, 1.165) is 37.5 Å². The average molecular weight is 470 g/mol. The van der Waals surface area contributed by atoms with Crippen LogP contribution < -0.4 is 0 Å². The third-order valence-corrected chi connectivity index (χ3v) is 6.87. The summed E-state index contributed by atoms with van der Waals surface area (Å²) in [6.45, 7) is 3.71. The van der Waals surface area contributed by atoms with E-state index in [9.17, 15) is 27.6 Å². The Hall–Kier alpha value is -3.42. The highest BCUT2D eigenvalue weighted by molar-refractivity contribution is 5.97. The molecule has 2 amide bonds. The van der Waals surface area contributed by atoms with E-state index in [1.165, 1.54) is 13.0 Å². The van der Waals surface area contributed by atoms with Gasteiger partial charge in [0.05, 0.1) is 0 Å². The molecule has 0 N–H and O–H groups in total. The maximum absolute atomic E-state index is 13.8. The number of likely N-dealkylation sites (tertiary alicyclic amines) is 2. The quantitative estimate of drug-likeness (QED) is 0.376. The lowest BCUT2D eigenvalue weighted by Crippen LogP contribution is -2.44. The number of Topliss-reactive ketones (excluding diaryl/α,β-unsaturated/α-hetero) is 1. The number of ketones is 1. The highest BCUT2D eigenvalue weighted by Crippen LogP contribution is 2.40. The van der Waals surface area contributed by atoms with Gasteiger partial charge in [-0.15, -0.1) is 0 Å². The summed E-state index contributed by atoms with van der Waals surface area (Å²) >= 11 is 0. The minimum absolute atomic E-state index is 0.0518. The zero-order valence-electron chi connectivity index (χ0n) is 18.8. The molecule has 2 fully saturated rings. The summed E-state index contributed by atoms with van der Waals surface area (Å²) in [5, 5.41) is 0. The number of benzene rings is 2. The summed E-state index contributed by atoms with van der Waals surface area (Å²) in [5.74, 6) is -4.61. The number of piperidine rings is 1. The molecule has 178 valence electrons. The van der Waals surface area contributed by atoms with Gasteiger partial charge in [0.1, 0.15) is 0 Å². The van der Waals surface area contributed by atoms with Gasteiger partial charge in [-0.05, 0) is 61.9 Å². The average Bonchev–Trinajstić information content (AvgIpc) is 3.25. The zero-order chi connectivity index (χ0) is 24.5. The summed E-state index contributed by atoms with van der Waals surface area (Å²) < 4.78 is 40.3. The summed E-state index contributed by atoms with van der Waals surface area (Å²) in [7, 11) is 0. The highest BCUT2D eigenvalue weighted by atomic mass is 19.2. The molecule has 1 spiro atoms. The van der Waals surface area contributed by atoms with Crippen molar-refractivity contribution in [3.8, 4) is 0 Å². The number of hydrogen-bond donors (Lipinski definition) is 0. The fourth-order valence-electron chi connectivity index (χ4n) is 4.68. The molecule has 2 heterocycles. The van der Waals surface area contributed by atoms with Gasteiger partial charge in [-0.25, -0.2) is 13.2 Å². The van der Waals surface area contributed by atoms with Crippen molar-refractivity contribution in [1.82, 2.24) is 9.80 Å². The predicted octanol–water partition coefficient (Wildman–Crippen LogP) is 4.47. The second-order valence-corrected chi connectivity index (χ2v) is 9.03. The molecule has 0 aromatic heterocycles. The molecule has 34 heavy (non-hydrogen) atoms. The van der Waals surface area contributed by atoms with Crippen LogP contribution >= 0.6 is 0 Å². The Morgan fingerprint density at radius 1 is 0.824 bits per heavy atom. The van der Waals surface area contributed by atoms with E-state index in [1.54, 1.807) is 34.1 Å². The minimum Gasteiger partial charge on any atom is -0.339 e. The Kier molecular flexibility index (Phi) is 6.59. The molecule has 0 saturated carbocycles. The molecule has 0 aliphatic carbocycles. The number of nitrogens with zero attached hydrogens (tertiary/aromatic N) is 2. The van der Waals surface area contributed by atoms with E-state index in [2.05, 4.69) is 0 Å². The third-order valence-electron chi connectivity index (χ3n) is 6.87. The summed E-state index contributed by atoms with van der Waals surface area (Å²) in [6.07, 6.45) is 4.66. The van der Waals surface area contributed by atoms with E-state index < -0.39 is 17.5 Å². The van der Waals surface area contributed by atoms with Gasteiger partial charge < -0.3 is 9.80 Å². The van der Waals surface area contributed by atoms with Crippen molar-refractivity contribution in [1.29, 1.82) is 0 Å². The molecule has 2 aliphatic rings. The first-order valence-electron chi connectivity index (χ1n) is 11.2. The van der Waals surface area contributed by atoms with Crippen LogP contribution in [0.2, 0.25) is 0 Å². The van der Waals surface area contributed by atoms with Crippen molar-refractivity contribution >= 4 is 23.7 Å². The molecular formula is C26H25F3N2O3. The van der Waals surface area contributed by atoms with Crippen LogP contribution in [0.25, 0.3) is 6.08 Å². The lowest BCUT2D eigenvalue weighted by Gasteiger charge is -2.39. The fourth-order valence-corrected chi connectivity index (χ4v) is 4.68. The molecule has 0 bridgehead atoms. The van der Waals surface area contributed by atoms with Gasteiger partial charge in [0, 0.05) is 48.9 Å². The molecule has 8 heteroatoms. The van der Waals surface area contributed by atoms with Gasteiger partial charge >= 0.3 is 0 Å². The van der Waals surface area contributed by atoms with Crippen LogP contribution in [-0.2, 0) is 4.79 Å². The molecule has 4 rings (SSSR count). The second kappa shape index (κ2) is 9.44. The monoisotopic (exact) mass is 470 g/mol. The van der Waals surface area contributed by atoms with Crippen molar-refractivity contribution in [2.24, 2.45) is 5.41 Å². The number of carbonyl (C=O) groups excluding carboxylic acids is 3. The predicted molar refractivity (Wildman–Crippen MR) is 121 cm³/mol. The molecule has 2 saturated heterocycles. The smallest absolute Gasteiger partial charge is 0.253 e. The van der Waals surface area contributed by atoms with Crippen molar-refractivity contribution < 1.29 is 27.6 Å². The topological polar surface area (TPSA) is 57.7 Å². The van der Waals surface area contributed by atoms with E-state index in [0.29, 0.717) is 37.3 Å². The van der Waals surface area contributed by atoms with Crippen LogP contribution in [0.5, 0.6) is 0 Å². The maximum Gasteiger partial charge on any atom is 0.253 e. The van der Waals surface area contributed by atoms with Crippen LogP contribution in [0.3, 0.4) is 0 Å². The first-order chi connectivity index (χ1) is 16.2. The van der Waals surface area contributed by atoms with Crippen LogP contribution in [-0.4, -0.2) is 53.6 Å². The normalized spacial score (nSPS) is 17.5. The summed E-state index contributed by atoms with van der Waals surface area (Å²) in [6, 6.07) is 8.55. The van der Waals surface area contributed by atoms with Crippen LogP contribution in [0.15, 0.2) is 42.5 Å². The lowest BCUT2D eigenvalue weighted by atomic mass is 9.77. The standard InChI is InChI=1S/C26H25F3N2O3/c1-17(32)18-2-4-20(5-3-18)25(34)30-13-10-26(11-14-30)12-15-31(16-26)22(33)9-7-19-6-8-21(27)24(29)23(19)28/h2-9H,10-16H2,1H3. The number of rotatable bonds is 4. The van der Waals surface area contributed by atoms with Crippen molar-refractivity contribution in [3.05, 3.63) is 76.6 Å². The highest BCUT2D eigenvalue weighted by Gasteiger charge is 2.42. The van der Waals surface area contributed by atoms with Crippen LogP contribution in [0.4, 0.5) is 13.2 Å². The van der Waals surface area contributed by atoms with Crippen LogP contribution in [0.1, 0.15) is 52.5 Å². The first kappa shape index (κ1) is 23.7. The minimum atomic E-state index is -1.56. The Morgan fingerprint density at radius 2 is 1.41 bits per heavy atom. The van der Waals surface area contributed by atoms with E-state index in [-0.39, 0.29) is 28.6 Å². The van der Waals surface area contributed by atoms with Gasteiger partial charge in [0.2, 0.25) is 5.91 Å². The number of halogens is 3. The molecular weight excluding hydrogens is 445 g/mol. The molecule has 0 atom stereocenters. The Bertz CT molecular complexity index is 1150. The van der Waals surface area contributed by atoms with Gasteiger partial charge in [-0.2, -0.15) is 0 Å². The Morgan fingerprint density at radius 3 is 2.03 bits per heavy atom. The van der Waals surface area contributed by atoms with E-state index in [1.807, 2.05) is 0 Å². The molecule has 2 aliphatic heterocycles. The van der Waals surface area contributed by atoms with E-state index >= 15 is 0 Å². The van der Waals surface area contributed by atoms with E-state index in [4.69, 9.17) is 0 Å². The molecule has 2 aromatic rings. The number of carbonyl (C=O) groups is 3. The lowest BCUT2D eigenvalue weighted by molar-refractivity contribution is -0.125. The van der Waals surface area contributed by atoms with Crippen LogP contribution in [0, 0.1) is 22.9 Å². The fraction of sp³-hybridized carbons (Fsp3) is 0.346. The van der Waals surface area contributed by atoms with Gasteiger partial charge in [-0.3, -0.25) is 14.4 Å². The van der Waals surface area contributed by atoms with Crippen molar-refractivity contribution in [2.75, 3.05) is 26.2 Å². The summed E-state index contributed by atoms with van der Waals surface area (Å²) in [4.78, 5) is 40.3. The number of hydrogen-bond acceptors (Lipinski definition) is 3. The third kappa shape index (κ3) is 4.76. The molecule has 0 unspecified atom stereocenters. The maximum atomic E-state index is 13.8.